The first-order valence-electron chi connectivity index (χ1n) is 4.54. The molecular formula is C10H12Cl2N2OS. The summed E-state index contributed by atoms with van der Waals surface area (Å²) in [5.74, 6) is -0.136. The second-order valence-corrected chi connectivity index (χ2v) is 5.24. The van der Waals surface area contributed by atoms with Crippen LogP contribution in [-0.2, 0) is 4.79 Å². The molecule has 0 bridgehead atoms. The van der Waals surface area contributed by atoms with Gasteiger partial charge in [-0.1, -0.05) is 23.2 Å². The molecule has 1 atom stereocenters. The summed E-state index contributed by atoms with van der Waals surface area (Å²) in [7, 11) is 0. The lowest BCUT2D eigenvalue weighted by molar-refractivity contribution is -0.115. The fourth-order valence-corrected chi connectivity index (χ4v) is 1.89. The van der Waals surface area contributed by atoms with Crippen LogP contribution in [0.15, 0.2) is 12.1 Å². The third-order valence-corrected chi connectivity index (χ3v) is 3.49. The van der Waals surface area contributed by atoms with Crippen LogP contribution in [0.4, 0.5) is 11.4 Å². The van der Waals surface area contributed by atoms with Gasteiger partial charge in [0.1, 0.15) is 0 Å². The number of rotatable bonds is 3. The fourth-order valence-electron chi connectivity index (χ4n) is 1.06. The second kappa shape index (κ2) is 5.66. The SMILES string of the molecule is CSC(C)C(=O)Nc1c(N)cc(Cl)cc1Cl. The smallest absolute Gasteiger partial charge is 0.237 e. The number of nitrogens with one attached hydrogen (secondary N) is 1. The molecule has 0 saturated carbocycles. The number of benzene rings is 1. The normalized spacial score (nSPS) is 12.2. The van der Waals surface area contributed by atoms with Crippen molar-refractivity contribution in [3.63, 3.8) is 0 Å². The Labute approximate surface area is 109 Å². The Morgan fingerprint density at radius 1 is 1.50 bits per heavy atom. The van der Waals surface area contributed by atoms with Crippen LogP contribution in [-0.4, -0.2) is 17.4 Å². The van der Waals surface area contributed by atoms with Crippen LogP contribution in [0.3, 0.4) is 0 Å². The molecule has 0 fully saturated rings. The zero-order chi connectivity index (χ0) is 12.3. The van der Waals surface area contributed by atoms with E-state index in [0.29, 0.717) is 21.4 Å². The molecule has 1 rings (SSSR count). The molecule has 0 aliphatic heterocycles. The molecule has 3 N–H and O–H groups in total. The quantitative estimate of drug-likeness (QED) is 0.835. The highest BCUT2D eigenvalue weighted by Crippen LogP contribution is 2.32. The molecule has 0 aliphatic carbocycles. The van der Waals surface area contributed by atoms with Gasteiger partial charge in [0, 0.05) is 5.02 Å². The molecule has 16 heavy (non-hydrogen) atoms. The summed E-state index contributed by atoms with van der Waals surface area (Å²) < 4.78 is 0. The predicted molar refractivity (Wildman–Crippen MR) is 72.5 cm³/mol. The molecule has 0 radical (unpaired) electrons. The number of thioether (sulfide) groups is 1. The van der Waals surface area contributed by atoms with E-state index >= 15 is 0 Å². The largest absolute Gasteiger partial charge is 0.397 e. The van der Waals surface area contributed by atoms with Crippen LogP contribution in [0.25, 0.3) is 0 Å². The van der Waals surface area contributed by atoms with Crippen molar-refractivity contribution in [2.45, 2.75) is 12.2 Å². The highest BCUT2D eigenvalue weighted by Gasteiger charge is 2.15. The molecule has 0 aromatic heterocycles. The molecule has 0 heterocycles. The molecule has 88 valence electrons. The molecule has 6 heteroatoms. The first kappa shape index (κ1) is 13.5. The van der Waals surface area contributed by atoms with Crippen molar-refractivity contribution >= 4 is 52.2 Å². The number of hydrogen-bond acceptors (Lipinski definition) is 3. The Bertz CT molecular complexity index is 389. The molecule has 0 saturated heterocycles. The highest BCUT2D eigenvalue weighted by atomic mass is 35.5. The molecule has 1 unspecified atom stereocenters. The van der Waals surface area contributed by atoms with E-state index < -0.39 is 0 Å². The number of carbonyl (C=O) groups excluding carboxylic acids is 1. The van der Waals surface area contributed by atoms with Crippen molar-refractivity contribution in [1.82, 2.24) is 0 Å². The first-order valence-corrected chi connectivity index (χ1v) is 6.58. The van der Waals surface area contributed by atoms with Crippen LogP contribution in [0.2, 0.25) is 10.0 Å². The van der Waals surface area contributed by atoms with Gasteiger partial charge in [0.05, 0.1) is 21.6 Å². The van der Waals surface area contributed by atoms with E-state index in [1.165, 1.54) is 11.8 Å². The highest BCUT2D eigenvalue weighted by molar-refractivity contribution is 7.99. The first-order chi connectivity index (χ1) is 7.45. The van der Waals surface area contributed by atoms with Crippen molar-refractivity contribution in [2.75, 3.05) is 17.3 Å². The summed E-state index contributed by atoms with van der Waals surface area (Å²) >= 11 is 13.2. The number of amides is 1. The summed E-state index contributed by atoms with van der Waals surface area (Å²) in [6.07, 6.45) is 1.86. The van der Waals surface area contributed by atoms with Gasteiger partial charge >= 0.3 is 0 Å². The van der Waals surface area contributed by atoms with Crippen LogP contribution in [0.5, 0.6) is 0 Å². The lowest BCUT2D eigenvalue weighted by Crippen LogP contribution is -2.22. The Balaban J connectivity index is 2.93. The lowest BCUT2D eigenvalue weighted by atomic mass is 10.2. The van der Waals surface area contributed by atoms with E-state index in [9.17, 15) is 4.79 Å². The summed E-state index contributed by atoms with van der Waals surface area (Å²) in [6, 6.07) is 3.09. The monoisotopic (exact) mass is 278 g/mol. The number of halogens is 2. The van der Waals surface area contributed by atoms with E-state index in [2.05, 4.69) is 5.32 Å². The Morgan fingerprint density at radius 3 is 2.62 bits per heavy atom. The van der Waals surface area contributed by atoms with Crippen molar-refractivity contribution < 1.29 is 4.79 Å². The van der Waals surface area contributed by atoms with E-state index in [4.69, 9.17) is 28.9 Å². The minimum absolute atomic E-state index is 0.136. The zero-order valence-electron chi connectivity index (χ0n) is 8.88. The van der Waals surface area contributed by atoms with Crippen LogP contribution < -0.4 is 11.1 Å². The Morgan fingerprint density at radius 2 is 2.12 bits per heavy atom. The van der Waals surface area contributed by atoms with Gasteiger partial charge in [-0.05, 0) is 25.3 Å². The third kappa shape index (κ3) is 3.20. The summed E-state index contributed by atoms with van der Waals surface area (Å²) in [5.41, 5.74) is 6.50. The van der Waals surface area contributed by atoms with Crippen LogP contribution in [0.1, 0.15) is 6.92 Å². The number of anilines is 2. The number of carbonyl (C=O) groups is 1. The molecule has 1 amide bonds. The van der Waals surface area contributed by atoms with E-state index in [0.717, 1.165) is 0 Å². The van der Waals surface area contributed by atoms with Crippen molar-refractivity contribution in [2.24, 2.45) is 0 Å². The van der Waals surface area contributed by atoms with Crippen molar-refractivity contribution in [3.8, 4) is 0 Å². The van der Waals surface area contributed by atoms with E-state index in [1.807, 2.05) is 6.26 Å². The van der Waals surface area contributed by atoms with Gasteiger partial charge in [-0.3, -0.25) is 4.79 Å². The standard InChI is InChI=1S/C10H12Cl2N2OS/c1-5(16-2)10(15)14-9-7(12)3-6(11)4-8(9)13/h3-5H,13H2,1-2H3,(H,14,15). The molecule has 0 aliphatic rings. The maximum Gasteiger partial charge on any atom is 0.237 e. The van der Waals surface area contributed by atoms with Gasteiger partial charge in [0.2, 0.25) is 5.91 Å². The van der Waals surface area contributed by atoms with E-state index in [-0.39, 0.29) is 11.2 Å². The maximum absolute atomic E-state index is 11.7. The fraction of sp³-hybridized carbons (Fsp3) is 0.300. The van der Waals surface area contributed by atoms with E-state index in [1.54, 1.807) is 19.1 Å². The topological polar surface area (TPSA) is 55.1 Å². The van der Waals surface area contributed by atoms with Gasteiger partial charge < -0.3 is 11.1 Å². The van der Waals surface area contributed by atoms with Crippen molar-refractivity contribution in [3.05, 3.63) is 22.2 Å². The minimum Gasteiger partial charge on any atom is -0.397 e. The molecule has 1 aromatic carbocycles. The summed E-state index contributed by atoms with van der Waals surface area (Å²) in [5, 5.41) is 3.30. The average molecular weight is 279 g/mol. The number of nitrogen functional groups attached to an aromatic ring is 1. The molecular weight excluding hydrogens is 267 g/mol. The zero-order valence-corrected chi connectivity index (χ0v) is 11.2. The maximum atomic E-state index is 11.7. The van der Waals surface area contributed by atoms with Gasteiger partial charge in [0.15, 0.2) is 0 Å². The molecule has 3 nitrogen and oxygen atoms in total. The van der Waals surface area contributed by atoms with Crippen LogP contribution in [0, 0.1) is 0 Å². The minimum atomic E-state index is -0.161. The van der Waals surface area contributed by atoms with Crippen LogP contribution >= 0.6 is 35.0 Å². The average Bonchev–Trinajstić information content (AvgIpc) is 2.21. The number of hydrogen-bond donors (Lipinski definition) is 2. The van der Waals surface area contributed by atoms with Gasteiger partial charge in [-0.25, -0.2) is 0 Å². The van der Waals surface area contributed by atoms with Gasteiger partial charge in [-0.2, -0.15) is 11.8 Å². The number of nitrogens with two attached hydrogens (primary N) is 1. The Kier molecular flexibility index (Phi) is 4.77. The van der Waals surface area contributed by atoms with Gasteiger partial charge in [-0.15, -0.1) is 0 Å². The van der Waals surface area contributed by atoms with Gasteiger partial charge in [0.25, 0.3) is 0 Å². The Hall–Kier alpha value is -0.580. The lowest BCUT2D eigenvalue weighted by Gasteiger charge is -2.13. The van der Waals surface area contributed by atoms with Crippen molar-refractivity contribution in [1.29, 1.82) is 0 Å². The predicted octanol–water partition coefficient (Wildman–Crippen LogP) is 3.27. The second-order valence-electron chi connectivity index (χ2n) is 3.22. The summed E-state index contributed by atoms with van der Waals surface area (Å²) in [6.45, 7) is 1.81. The summed E-state index contributed by atoms with van der Waals surface area (Å²) in [4.78, 5) is 11.7. The third-order valence-electron chi connectivity index (χ3n) is 2.06. The molecule has 1 aromatic rings. The molecule has 0 spiro atoms.